The lowest BCUT2D eigenvalue weighted by molar-refractivity contribution is -0.156. The number of amides is 1. The van der Waals surface area contributed by atoms with Crippen molar-refractivity contribution in [2.24, 2.45) is 0 Å². The first-order valence-electron chi connectivity index (χ1n) is 7.56. The minimum absolute atomic E-state index is 0.0111. The van der Waals surface area contributed by atoms with Gasteiger partial charge in [-0.3, -0.25) is 4.79 Å². The van der Waals surface area contributed by atoms with Crippen LogP contribution in [-0.2, 0) is 9.53 Å². The summed E-state index contributed by atoms with van der Waals surface area (Å²) < 4.78 is 6.01. The third kappa shape index (κ3) is 4.55. The quantitative estimate of drug-likeness (QED) is 0.931. The third-order valence-corrected chi connectivity index (χ3v) is 3.57. The molecule has 0 aromatic heterocycles. The largest absolute Gasteiger partial charge is 0.393 e. The molecule has 0 aliphatic carbocycles. The van der Waals surface area contributed by atoms with E-state index in [-0.39, 0.29) is 12.0 Å². The third-order valence-electron chi connectivity index (χ3n) is 3.57. The Morgan fingerprint density at radius 3 is 2.33 bits per heavy atom. The maximum absolute atomic E-state index is 12.8. The highest BCUT2D eigenvalue weighted by molar-refractivity contribution is 5.82. The number of ether oxygens (including phenoxy) is 1. The fraction of sp³-hybridized carbons (Fsp3) is 0.588. The Kier molecular flexibility index (Phi) is 5.01. The van der Waals surface area contributed by atoms with Crippen LogP contribution < -0.4 is 0 Å². The molecule has 1 aromatic rings. The van der Waals surface area contributed by atoms with Gasteiger partial charge in [0.25, 0.3) is 5.91 Å². The Balaban J connectivity index is 2.17. The van der Waals surface area contributed by atoms with Crippen molar-refractivity contribution in [1.29, 1.82) is 0 Å². The van der Waals surface area contributed by atoms with Gasteiger partial charge < -0.3 is 14.7 Å². The molecular formula is C17H25NO3. The first kappa shape index (κ1) is 16.0. The molecule has 1 aromatic carbocycles. The maximum Gasteiger partial charge on any atom is 0.256 e. The summed E-state index contributed by atoms with van der Waals surface area (Å²) in [5.41, 5.74) is 0.481. The van der Waals surface area contributed by atoms with Gasteiger partial charge >= 0.3 is 0 Å². The molecule has 1 atom stereocenters. The van der Waals surface area contributed by atoms with E-state index in [1.165, 1.54) is 0 Å². The van der Waals surface area contributed by atoms with Crippen LogP contribution in [0.1, 0.15) is 45.3 Å². The number of benzene rings is 1. The van der Waals surface area contributed by atoms with Gasteiger partial charge in [-0.25, -0.2) is 0 Å². The smallest absolute Gasteiger partial charge is 0.256 e. The van der Waals surface area contributed by atoms with Gasteiger partial charge in [0.1, 0.15) is 0 Å². The Bertz CT molecular complexity index is 459. The molecule has 4 nitrogen and oxygen atoms in total. The summed E-state index contributed by atoms with van der Waals surface area (Å²) in [4.78, 5) is 14.6. The van der Waals surface area contributed by atoms with Gasteiger partial charge in [-0.15, -0.1) is 0 Å². The lowest BCUT2D eigenvalue weighted by atomic mass is 10.0. The molecule has 4 heteroatoms. The molecule has 1 heterocycles. The molecule has 1 saturated heterocycles. The summed E-state index contributed by atoms with van der Waals surface area (Å²) in [6.45, 7) is 7.05. The highest BCUT2D eigenvalue weighted by Gasteiger charge is 2.32. The Morgan fingerprint density at radius 1 is 1.24 bits per heavy atom. The predicted molar refractivity (Wildman–Crippen MR) is 81.8 cm³/mol. The van der Waals surface area contributed by atoms with Crippen LogP contribution in [0.2, 0.25) is 0 Å². The first-order chi connectivity index (χ1) is 9.87. The molecule has 116 valence electrons. The molecule has 1 N–H and O–H groups in total. The maximum atomic E-state index is 12.8. The number of aliphatic hydroxyl groups is 1. The van der Waals surface area contributed by atoms with E-state index in [2.05, 4.69) is 0 Å². The monoisotopic (exact) mass is 291 g/mol. The number of nitrogens with zero attached hydrogens (tertiary/aromatic N) is 1. The molecule has 0 saturated carbocycles. The predicted octanol–water partition coefficient (Wildman–Crippen LogP) is 2.53. The van der Waals surface area contributed by atoms with Crippen molar-refractivity contribution in [2.45, 2.75) is 51.4 Å². The van der Waals surface area contributed by atoms with E-state index >= 15 is 0 Å². The van der Waals surface area contributed by atoms with E-state index in [0.717, 1.165) is 5.56 Å². The minimum atomic E-state index is -0.582. The van der Waals surface area contributed by atoms with Gasteiger partial charge in [0, 0.05) is 13.1 Å². The van der Waals surface area contributed by atoms with Gasteiger partial charge in [-0.2, -0.15) is 0 Å². The van der Waals surface area contributed by atoms with E-state index in [1.807, 2.05) is 51.1 Å². The fourth-order valence-electron chi connectivity index (χ4n) is 2.49. The molecule has 1 aliphatic heterocycles. The molecule has 0 spiro atoms. The molecule has 1 aliphatic rings. The second kappa shape index (κ2) is 6.58. The number of carbonyl (C=O) groups excluding carboxylic acids is 1. The highest BCUT2D eigenvalue weighted by Crippen LogP contribution is 2.27. The normalized spacial score (nSPS) is 18.6. The van der Waals surface area contributed by atoms with Crippen LogP contribution in [0.4, 0.5) is 0 Å². The summed E-state index contributed by atoms with van der Waals surface area (Å²) in [6, 6.07) is 9.61. The van der Waals surface area contributed by atoms with Crippen molar-refractivity contribution >= 4 is 5.91 Å². The van der Waals surface area contributed by atoms with E-state index in [0.29, 0.717) is 25.9 Å². The fourth-order valence-corrected chi connectivity index (χ4v) is 2.49. The summed E-state index contributed by atoms with van der Waals surface area (Å²) in [6.07, 6.45) is 0.417. The van der Waals surface area contributed by atoms with Gasteiger partial charge in [0.05, 0.1) is 11.7 Å². The number of hydrogen-bond donors (Lipinski definition) is 1. The summed E-state index contributed by atoms with van der Waals surface area (Å²) in [5, 5.41) is 9.58. The van der Waals surface area contributed by atoms with Crippen molar-refractivity contribution in [2.75, 3.05) is 13.1 Å². The standard InChI is InChI=1S/C17H25NO3/c1-17(2,3)21-15(13-7-5-4-6-8-13)16(20)18-11-9-14(19)10-12-18/h4-8,14-15,19H,9-12H2,1-3H3. The Hall–Kier alpha value is -1.39. The molecule has 1 amide bonds. The van der Waals surface area contributed by atoms with E-state index in [9.17, 15) is 9.90 Å². The van der Waals surface area contributed by atoms with Crippen LogP contribution in [0.25, 0.3) is 0 Å². The van der Waals surface area contributed by atoms with E-state index in [4.69, 9.17) is 4.74 Å². The molecular weight excluding hydrogens is 266 g/mol. The molecule has 0 bridgehead atoms. The van der Waals surface area contributed by atoms with Gasteiger partial charge in [-0.1, -0.05) is 30.3 Å². The zero-order valence-electron chi connectivity index (χ0n) is 13.1. The van der Waals surface area contributed by atoms with Crippen molar-refractivity contribution in [1.82, 2.24) is 4.90 Å². The first-order valence-corrected chi connectivity index (χ1v) is 7.56. The highest BCUT2D eigenvalue weighted by atomic mass is 16.5. The average Bonchev–Trinajstić information content (AvgIpc) is 2.45. The Morgan fingerprint density at radius 2 is 1.81 bits per heavy atom. The molecule has 2 rings (SSSR count). The number of rotatable bonds is 3. The SMILES string of the molecule is CC(C)(C)OC(C(=O)N1CCC(O)CC1)c1ccccc1. The van der Waals surface area contributed by atoms with Gasteiger partial charge in [-0.05, 0) is 39.2 Å². The van der Waals surface area contributed by atoms with Crippen LogP contribution in [0, 0.1) is 0 Å². The van der Waals surface area contributed by atoms with Crippen LogP contribution in [0.5, 0.6) is 0 Å². The molecule has 1 unspecified atom stereocenters. The molecule has 21 heavy (non-hydrogen) atoms. The zero-order chi connectivity index (χ0) is 15.5. The van der Waals surface area contributed by atoms with Crippen LogP contribution in [0.15, 0.2) is 30.3 Å². The van der Waals surface area contributed by atoms with Crippen LogP contribution >= 0.6 is 0 Å². The second-order valence-electron chi connectivity index (χ2n) is 6.58. The lowest BCUT2D eigenvalue weighted by Gasteiger charge is -2.35. The summed E-state index contributed by atoms with van der Waals surface area (Å²) in [7, 11) is 0. The van der Waals surface area contributed by atoms with E-state index in [1.54, 1.807) is 4.90 Å². The lowest BCUT2D eigenvalue weighted by Crippen LogP contribution is -2.44. The topological polar surface area (TPSA) is 49.8 Å². The number of carbonyl (C=O) groups is 1. The number of likely N-dealkylation sites (tertiary alicyclic amines) is 1. The minimum Gasteiger partial charge on any atom is -0.393 e. The average molecular weight is 291 g/mol. The van der Waals surface area contributed by atoms with E-state index < -0.39 is 11.7 Å². The number of aliphatic hydroxyl groups excluding tert-OH is 1. The molecule has 0 radical (unpaired) electrons. The van der Waals surface area contributed by atoms with Gasteiger partial charge in [0.2, 0.25) is 0 Å². The van der Waals surface area contributed by atoms with Crippen molar-refractivity contribution in [3.63, 3.8) is 0 Å². The zero-order valence-corrected chi connectivity index (χ0v) is 13.1. The molecule has 1 fully saturated rings. The summed E-state index contributed by atoms with van der Waals surface area (Å²) in [5.74, 6) is -0.0111. The van der Waals surface area contributed by atoms with Crippen molar-refractivity contribution in [3.8, 4) is 0 Å². The summed E-state index contributed by atoms with van der Waals surface area (Å²) >= 11 is 0. The van der Waals surface area contributed by atoms with Crippen molar-refractivity contribution in [3.05, 3.63) is 35.9 Å². The van der Waals surface area contributed by atoms with Crippen molar-refractivity contribution < 1.29 is 14.6 Å². The second-order valence-corrected chi connectivity index (χ2v) is 6.58. The number of piperidine rings is 1. The number of hydrogen-bond acceptors (Lipinski definition) is 3. The van der Waals surface area contributed by atoms with Crippen LogP contribution in [0.3, 0.4) is 0 Å². The Labute approximate surface area is 126 Å². The van der Waals surface area contributed by atoms with Gasteiger partial charge in [0.15, 0.2) is 6.10 Å². The van der Waals surface area contributed by atoms with Crippen LogP contribution in [-0.4, -0.2) is 40.7 Å².